The highest BCUT2D eigenvalue weighted by Gasteiger charge is 2.35. The van der Waals surface area contributed by atoms with Crippen LogP contribution in [0, 0.1) is 5.92 Å². The average Bonchev–Trinajstić information content (AvgIpc) is 3.09. The molecule has 0 radical (unpaired) electrons. The van der Waals surface area contributed by atoms with Crippen molar-refractivity contribution in [2.75, 3.05) is 18.1 Å². The molecule has 1 fully saturated rings. The summed E-state index contributed by atoms with van der Waals surface area (Å²) in [5.74, 6) is -0.101. The van der Waals surface area contributed by atoms with Gasteiger partial charge in [0.05, 0.1) is 12.1 Å². The van der Waals surface area contributed by atoms with Crippen LogP contribution in [0.15, 0.2) is 66.3 Å². The number of carbonyl (C=O) groups excluding carboxylic acids is 2. The van der Waals surface area contributed by atoms with Gasteiger partial charge in [0, 0.05) is 23.7 Å². The number of amides is 2. The molecule has 1 saturated heterocycles. The van der Waals surface area contributed by atoms with E-state index in [4.69, 9.17) is 16.3 Å². The van der Waals surface area contributed by atoms with Gasteiger partial charge in [0.25, 0.3) is 0 Å². The van der Waals surface area contributed by atoms with Gasteiger partial charge in [0.2, 0.25) is 11.8 Å². The number of hydrogen-bond donors (Lipinski definition) is 1. The number of benzene rings is 2. The summed E-state index contributed by atoms with van der Waals surface area (Å²) in [5.41, 5.74) is 4.05. The predicted molar refractivity (Wildman–Crippen MR) is 110 cm³/mol. The van der Waals surface area contributed by atoms with Crippen LogP contribution in [0.1, 0.15) is 12.0 Å². The smallest absolute Gasteiger partial charge is 0.245 e. The molecule has 1 aliphatic heterocycles. The maximum absolute atomic E-state index is 12.3. The summed E-state index contributed by atoms with van der Waals surface area (Å²) in [5, 5.41) is 4.58. The maximum Gasteiger partial charge on any atom is 0.245 e. The zero-order valence-electron chi connectivity index (χ0n) is 15.2. The summed E-state index contributed by atoms with van der Waals surface area (Å²) >= 11 is 5.88. The Morgan fingerprint density at radius 3 is 2.64 bits per heavy atom. The minimum absolute atomic E-state index is 0.0958. The van der Waals surface area contributed by atoms with Gasteiger partial charge in [0.1, 0.15) is 12.4 Å². The molecule has 144 valence electrons. The van der Waals surface area contributed by atoms with Crippen molar-refractivity contribution >= 4 is 35.3 Å². The molecule has 0 bridgehead atoms. The fourth-order valence-corrected chi connectivity index (χ4v) is 2.95. The molecule has 2 aromatic rings. The van der Waals surface area contributed by atoms with Crippen LogP contribution in [0.3, 0.4) is 0 Å². The Hall–Kier alpha value is -3.12. The van der Waals surface area contributed by atoms with Gasteiger partial charge in [-0.25, -0.2) is 5.43 Å². The van der Waals surface area contributed by atoms with E-state index in [1.165, 1.54) is 0 Å². The molecule has 28 heavy (non-hydrogen) atoms. The molecule has 0 aliphatic carbocycles. The monoisotopic (exact) mass is 397 g/mol. The van der Waals surface area contributed by atoms with Crippen molar-refractivity contribution in [3.05, 3.63) is 71.8 Å². The number of anilines is 1. The molecule has 0 spiro atoms. The molecule has 0 aromatic heterocycles. The Labute approximate surface area is 168 Å². The first-order valence-electron chi connectivity index (χ1n) is 8.79. The largest absolute Gasteiger partial charge is 0.490 e. The topological polar surface area (TPSA) is 71.0 Å². The quantitative estimate of drug-likeness (QED) is 0.442. The lowest BCUT2D eigenvalue weighted by atomic mass is 10.1. The van der Waals surface area contributed by atoms with E-state index in [9.17, 15) is 9.59 Å². The molecular weight excluding hydrogens is 378 g/mol. The molecular formula is C21H20ClN3O3. The molecule has 6 nitrogen and oxygen atoms in total. The van der Waals surface area contributed by atoms with Gasteiger partial charge >= 0.3 is 0 Å². The van der Waals surface area contributed by atoms with Crippen LogP contribution in [0.2, 0.25) is 5.02 Å². The first kappa shape index (κ1) is 19.6. The molecule has 7 heteroatoms. The molecule has 0 unspecified atom stereocenters. The second-order valence-corrected chi connectivity index (χ2v) is 6.72. The Kier molecular flexibility index (Phi) is 6.45. The number of hydrazone groups is 1. The van der Waals surface area contributed by atoms with Crippen LogP contribution in [-0.2, 0) is 9.59 Å². The van der Waals surface area contributed by atoms with E-state index in [0.717, 1.165) is 17.0 Å². The molecule has 1 atom stereocenters. The van der Waals surface area contributed by atoms with Crippen LogP contribution >= 0.6 is 11.6 Å². The van der Waals surface area contributed by atoms with Crippen molar-refractivity contribution < 1.29 is 14.3 Å². The normalized spacial score (nSPS) is 16.4. The standard InChI is InChI=1S/C21H20ClN3O3/c1-2-11-28-19-9-3-15(4-10-19)13-23-24-21(27)16-12-20(26)25(14-16)18-7-5-17(22)6-8-18/h2-10,13,16H,1,11-12,14H2,(H,24,27)/b23-13-/t16-/m0/s1. The van der Waals surface area contributed by atoms with Crippen molar-refractivity contribution in [2.24, 2.45) is 11.0 Å². The van der Waals surface area contributed by atoms with Crippen molar-refractivity contribution in [1.29, 1.82) is 0 Å². The fourth-order valence-electron chi connectivity index (χ4n) is 2.82. The minimum atomic E-state index is -0.449. The second-order valence-electron chi connectivity index (χ2n) is 6.28. The van der Waals surface area contributed by atoms with Crippen molar-refractivity contribution in [3.8, 4) is 5.75 Å². The van der Waals surface area contributed by atoms with Gasteiger partial charge in [-0.1, -0.05) is 24.3 Å². The van der Waals surface area contributed by atoms with Gasteiger partial charge < -0.3 is 9.64 Å². The Bertz CT molecular complexity index is 879. The molecule has 3 rings (SSSR count). The van der Waals surface area contributed by atoms with E-state index in [1.54, 1.807) is 41.5 Å². The third kappa shape index (κ3) is 4.98. The molecule has 1 N–H and O–H groups in total. The number of nitrogens with one attached hydrogen (secondary N) is 1. The Morgan fingerprint density at radius 1 is 1.25 bits per heavy atom. The number of nitrogens with zero attached hydrogens (tertiary/aromatic N) is 2. The first-order chi connectivity index (χ1) is 13.6. The number of rotatable bonds is 7. The molecule has 2 amide bonds. The van der Waals surface area contributed by atoms with E-state index in [1.807, 2.05) is 24.3 Å². The van der Waals surface area contributed by atoms with E-state index in [2.05, 4.69) is 17.1 Å². The summed E-state index contributed by atoms with van der Waals surface area (Å²) in [7, 11) is 0. The van der Waals surface area contributed by atoms with Crippen LogP contribution in [-0.4, -0.2) is 31.2 Å². The van der Waals surface area contributed by atoms with Gasteiger partial charge in [-0.2, -0.15) is 5.10 Å². The summed E-state index contributed by atoms with van der Waals surface area (Å²) < 4.78 is 5.41. The minimum Gasteiger partial charge on any atom is -0.490 e. The molecule has 1 aliphatic rings. The summed E-state index contributed by atoms with van der Waals surface area (Å²) in [6.07, 6.45) is 3.37. The third-order valence-electron chi connectivity index (χ3n) is 4.27. The van der Waals surface area contributed by atoms with E-state index in [-0.39, 0.29) is 18.2 Å². The lowest BCUT2D eigenvalue weighted by Crippen LogP contribution is -2.30. The highest BCUT2D eigenvalue weighted by Crippen LogP contribution is 2.26. The zero-order chi connectivity index (χ0) is 19.9. The van der Waals surface area contributed by atoms with Crippen LogP contribution in [0.4, 0.5) is 5.69 Å². The lowest BCUT2D eigenvalue weighted by molar-refractivity contribution is -0.126. The van der Waals surface area contributed by atoms with Gasteiger partial charge in [-0.05, 0) is 54.1 Å². The Morgan fingerprint density at radius 2 is 1.96 bits per heavy atom. The van der Waals surface area contributed by atoms with E-state index in [0.29, 0.717) is 18.2 Å². The van der Waals surface area contributed by atoms with Crippen molar-refractivity contribution in [3.63, 3.8) is 0 Å². The summed E-state index contributed by atoms with van der Waals surface area (Å²) in [4.78, 5) is 26.2. The third-order valence-corrected chi connectivity index (χ3v) is 4.52. The summed E-state index contributed by atoms with van der Waals surface area (Å²) in [6.45, 7) is 4.35. The van der Waals surface area contributed by atoms with Gasteiger partial charge in [-0.15, -0.1) is 0 Å². The fraction of sp³-hybridized carbons (Fsp3) is 0.190. The van der Waals surface area contributed by atoms with E-state index < -0.39 is 5.92 Å². The Balaban J connectivity index is 1.53. The van der Waals surface area contributed by atoms with Crippen LogP contribution in [0.5, 0.6) is 5.75 Å². The van der Waals surface area contributed by atoms with Crippen molar-refractivity contribution in [2.45, 2.75) is 6.42 Å². The van der Waals surface area contributed by atoms with Crippen LogP contribution in [0.25, 0.3) is 0 Å². The molecule has 0 saturated carbocycles. The number of carbonyl (C=O) groups is 2. The van der Waals surface area contributed by atoms with Crippen molar-refractivity contribution in [1.82, 2.24) is 5.43 Å². The molecule has 2 aromatic carbocycles. The van der Waals surface area contributed by atoms with Gasteiger partial charge in [-0.3, -0.25) is 9.59 Å². The first-order valence-corrected chi connectivity index (χ1v) is 9.17. The number of halogens is 1. The van der Waals surface area contributed by atoms with Crippen LogP contribution < -0.4 is 15.1 Å². The average molecular weight is 398 g/mol. The highest BCUT2D eigenvalue weighted by molar-refractivity contribution is 6.30. The second kappa shape index (κ2) is 9.19. The molecule has 1 heterocycles. The number of hydrogen-bond acceptors (Lipinski definition) is 4. The highest BCUT2D eigenvalue weighted by atomic mass is 35.5. The maximum atomic E-state index is 12.3. The summed E-state index contributed by atoms with van der Waals surface area (Å²) in [6, 6.07) is 14.2. The SMILES string of the molecule is C=CCOc1ccc(/C=N\NC(=O)[C@H]2CC(=O)N(c3ccc(Cl)cc3)C2)cc1. The van der Waals surface area contributed by atoms with E-state index >= 15 is 0 Å². The predicted octanol–water partition coefficient (Wildman–Crippen LogP) is 3.41. The zero-order valence-corrected chi connectivity index (χ0v) is 15.9. The lowest BCUT2D eigenvalue weighted by Gasteiger charge is -2.16. The van der Waals surface area contributed by atoms with Gasteiger partial charge in [0.15, 0.2) is 0 Å². The number of ether oxygens (including phenoxy) is 1.